The zero-order valence-corrected chi connectivity index (χ0v) is 11.6. The van der Waals surface area contributed by atoms with Crippen LogP contribution in [0.2, 0.25) is 0 Å². The maximum absolute atomic E-state index is 9.88. The lowest BCUT2D eigenvalue weighted by atomic mass is 10.2. The number of benzene rings is 2. The van der Waals surface area contributed by atoms with Gasteiger partial charge in [0, 0.05) is 12.4 Å². The number of aryl methyl sites for hydroxylation is 2. The van der Waals surface area contributed by atoms with Crippen molar-refractivity contribution in [2.75, 3.05) is 0 Å². The first-order valence-corrected chi connectivity index (χ1v) is 6.61. The minimum Gasteiger partial charge on any atom is -0.507 e. The maximum atomic E-state index is 9.88. The highest BCUT2D eigenvalue weighted by molar-refractivity contribution is 5.87. The molecule has 0 fully saturated rings. The summed E-state index contributed by atoms with van der Waals surface area (Å²) in [6, 6.07) is 15.5. The SMILES string of the molecule is Cc1ccccc1OCc1cc2c(O)cccc2n1C. The Balaban J connectivity index is 1.90. The fourth-order valence-electron chi connectivity index (χ4n) is 2.41. The molecule has 1 heterocycles. The number of phenolic OH excluding ortho intramolecular Hbond substituents is 1. The number of para-hydroxylation sites is 1. The number of ether oxygens (including phenoxy) is 1. The highest BCUT2D eigenvalue weighted by Crippen LogP contribution is 2.28. The number of rotatable bonds is 3. The highest BCUT2D eigenvalue weighted by atomic mass is 16.5. The Labute approximate surface area is 118 Å². The van der Waals surface area contributed by atoms with Crippen molar-refractivity contribution in [3.8, 4) is 11.5 Å². The van der Waals surface area contributed by atoms with Gasteiger partial charge in [-0.15, -0.1) is 0 Å². The molecule has 0 aliphatic heterocycles. The van der Waals surface area contributed by atoms with Crippen LogP contribution in [0.25, 0.3) is 10.9 Å². The molecule has 1 N–H and O–H groups in total. The molecule has 20 heavy (non-hydrogen) atoms. The molecular formula is C17H17NO2. The van der Waals surface area contributed by atoms with Crippen molar-refractivity contribution in [2.45, 2.75) is 13.5 Å². The molecule has 0 unspecified atom stereocenters. The molecule has 0 spiro atoms. The van der Waals surface area contributed by atoms with Crippen molar-refractivity contribution in [1.29, 1.82) is 0 Å². The Bertz CT molecular complexity index is 759. The minimum absolute atomic E-state index is 0.306. The molecule has 0 aliphatic rings. The molecular weight excluding hydrogens is 250 g/mol. The van der Waals surface area contributed by atoms with Crippen LogP contribution in [0.3, 0.4) is 0 Å². The van der Waals surface area contributed by atoms with Gasteiger partial charge in [-0.3, -0.25) is 0 Å². The van der Waals surface area contributed by atoms with Crippen LogP contribution in [0.5, 0.6) is 11.5 Å². The summed E-state index contributed by atoms with van der Waals surface area (Å²) >= 11 is 0. The third-order valence-electron chi connectivity index (χ3n) is 3.63. The van der Waals surface area contributed by atoms with Crippen LogP contribution < -0.4 is 4.74 Å². The summed E-state index contributed by atoms with van der Waals surface area (Å²) in [6.45, 7) is 2.51. The predicted octanol–water partition coefficient (Wildman–Crippen LogP) is 3.77. The average molecular weight is 267 g/mol. The van der Waals surface area contributed by atoms with E-state index < -0.39 is 0 Å². The van der Waals surface area contributed by atoms with Crippen LogP contribution in [0.1, 0.15) is 11.3 Å². The van der Waals surface area contributed by atoms with Gasteiger partial charge in [0.05, 0.1) is 11.2 Å². The summed E-state index contributed by atoms with van der Waals surface area (Å²) in [7, 11) is 1.98. The molecule has 0 radical (unpaired) electrons. The van der Waals surface area contributed by atoms with Crippen LogP contribution in [-0.4, -0.2) is 9.67 Å². The van der Waals surface area contributed by atoms with Gasteiger partial charge >= 0.3 is 0 Å². The lowest BCUT2D eigenvalue weighted by Gasteiger charge is -2.09. The molecule has 3 aromatic rings. The van der Waals surface area contributed by atoms with Crippen LogP contribution in [0.15, 0.2) is 48.5 Å². The van der Waals surface area contributed by atoms with Gasteiger partial charge in [-0.1, -0.05) is 24.3 Å². The minimum atomic E-state index is 0.306. The third kappa shape index (κ3) is 2.11. The molecule has 1 aromatic heterocycles. The van der Waals surface area contributed by atoms with Crippen LogP contribution in [-0.2, 0) is 13.7 Å². The van der Waals surface area contributed by atoms with Gasteiger partial charge in [-0.2, -0.15) is 0 Å². The zero-order chi connectivity index (χ0) is 14.1. The van der Waals surface area contributed by atoms with Crippen LogP contribution in [0.4, 0.5) is 0 Å². The highest BCUT2D eigenvalue weighted by Gasteiger charge is 2.09. The summed E-state index contributed by atoms with van der Waals surface area (Å²) in [4.78, 5) is 0. The lowest BCUT2D eigenvalue weighted by Crippen LogP contribution is -2.02. The summed E-state index contributed by atoms with van der Waals surface area (Å²) < 4.78 is 7.92. The van der Waals surface area contributed by atoms with E-state index in [0.717, 1.165) is 27.9 Å². The number of fused-ring (bicyclic) bond motifs is 1. The molecule has 0 atom stereocenters. The molecule has 2 aromatic carbocycles. The van der Waals surface area contributed by atoms with Crippen molar-refractivity contribution in [3.63, 3.8) is 0 Å². The molecule has 3 heteroatoms. The second-order valence-electron chi connectivity index (χ2n) is 4.96. The van der Waals surface area contributed by atoms with E-state index >= 15 is 0 Å². The molecule has 3 rings (SSSR count). The molecule has 0 amide bonds. The number of hydrogen-bond acceptors (Lipinski definition) is 2. The summed E-state index contributed by atoms with van der Waals surface area (Å²) in [5.41, 5.74) is 3.16. The Kier molecular flexibility index (Phi) is 3.11. The quantitative estimate of drug-likeness (QED) is 0.783. The Hall–Kier alpha value is -2.42. The van der Waals surface area contributed by atoms with E-state index in [4.69, 9.17) is 4.74 Å². The maximum Gasteiger partial charge on any atom is 0.128 e. The Morgan fingerprint density at radius 3 is 2.65 bits per heavy atom. The van der Waals surface area contributed by atoms with E-state index in [2.05, 4.69) is 0 Å². The molecule has 0 saturated carbocycles. The predicted molar refractivity (Wildman–Crippen MR) is 80.1 cm³/mol. The van der Waals surface area contributed by atoms with Crippen molar-refractivity contribution in [1.82, 2.24) is 4.57 Å². The normalized spacial score (nSPS) is 10.9. The number of aromatic nitrogens is 1. The van der Waals surface area contributed by atoms with Crippen molar-refractivity contribution >= 4 is 10.9 Å². The van der Waals surface area contributed by atoms with Gasteiger partial charge in [-0.25, -0.2) is 0 Å². The average Bonchev–Trinajstić information content (AvgIpc) is 2.77. The monoisotopic (exact) mass is 267 g/mol. The topological polar surface area (TPSA) is 34.4 Å². The van der Waals surface area contributed by atoms with Crippen molar-refractivity contribution in [3.05, 3.63) is 59.8 Å². The largest absolute Gasteiger partial charge is 0.507 e. The van der Waals surface area contributed by atoms with Gasteiger partial charge < -0.3 is 14.4 Å². The third-order valence-corrected chi connectivity index (χ3v) is 3.63. The fraction of sp³-hybridized carbons (Fsp3) is 0.176. The molecule has 0 aliphatic carbocycles. The van der Waals surface area contributed by atoms with Crippen LogP contribution >= 0.6 is 0 Å². The summed E-state index contributed by atoms with van der Waals surface area (Å²) in [5, 5.41) is 10.7. The van der Waals surface area contributed by atoms with E-state index in [1.54, 1.807) is 6.07 Å². The van der Waals surface area contributed by atoms with Crippen molar-refractivity contribution < 1.29 is 9.84 Å². The zero-order valence-electron chi connectivity index (χ0n) is 11.6. The van der Waals surface area contributed by atoms with Crippen molar-refractivity contribution in [2.24, 2.45) is 7.05 Å². The fourth-order valence-corrected chi connectivity index (χ4v) is 2.41. The van der Waals surface area contributed by atoms with E-state index in [-0.39, 0.29) is 0 Å². The molecule has 0 bridgehead atoms. The first-order chi connectivity index (χ1) is 9.66. The summed E-state index contributed by atoms with van der Waals surface area (Å²) in [5.74, 6) is 1.20. The standard InChI is InChI=1S/C17H17NO2/c1-12-6-3-4-9-17(12)20-11-13-10-14-15(18(13)2)7-5-8-16(14)19/h3-10,19H,11H2,1-2H3. The number of hydrogen-bond donors (Lipinski definition) is 1. The number of nitrogens with zero attached hydrogens (tertiary/aromatic N) is 1. The van der Waals surface area contributed by atoms with E-state index in [1.807, 2.05) is 61.0 Å². The summed E-state index contributed by atoms with van der Waals surface area (Å²) in [6.07, 6.45) is 0. The van der Waals surface area contributed by atoms with Gasteiger partial charge in [0.15, 0.2) is 0 Å². The smallest absolute Gasteiger partial charge is 0.128 e. The molecule has 0 saturated heterocycles. The van der Waals surface area contributed by atoms with E-state index in [0.29, 0.717) is 12.4 Å². The van der Waals surface area contributed by atoms with Gasteiger partial charge in [0.1, 0.15) is 18.1 Å². The Morgan fingerprint density at radius 2 is 1.90 bits per heavy atom. The van der Waals surface area contributed by atoms with Gasteiger partial charge in [0.25, 0.3) is 0 Å². The van der Waals surface area contributed by atoms with Gasteiger partial charge in [0.2, 0.25) is 0 Å². The van der Waals surface area contributed by atoms with E-state index in [1.165, 1.54) is 0 Å². The Morgan fingerprint density at radius 1 is 1.10 bits per heavy atom. The van der Waals surface area contributed by atoms with Crippen LogP contribution in [0, 0.1) is 6.92 Å². The lowest BCUT2D eigenvalue weighted by molar-refractivity contribution is 0.296. The van der Waals surface area contributed by atoms with Gasteiger partial charge in [-0.05, 0) is 36.8 Å². The second-order valence-corrected chi connectivity index (χ2v) is 4.96. The number of aromatic hydroxyl groups is 1. The molecule has 3 nitrogen and oxygen atoms in total. The first-order valence-electron chi connectivity index (χ1n) is 6.61. The number of phenols is 1. The van der Waals surface area contributed by atoms with E-state index in [9.17, 15) is 5.11 Å². The second kappa shape index (κ2) is 4.93. The molecule has 102 valence electrons. The first kappa shape index (κ1) is 12.6.